The Morgan fingerprint density at radius 1 is 1.14 bits per heavy atom. The molecular formula is C23H22N2O3S. The maximum atomic E-state index is 12.9. The first-order valence-electron chi connectivity index (χ1n) is 9.50. The molecule has 0 unspecified atom stereocenters. The molecule has 2 aromatic carbocycles. The Balaban J connectivity index is 1.52. The summed E-state index contributed by atoms with van der Waals surface area (Å²) >= 11 is 1.32. The third-order valence-corrected chi connectivity index (χ3v) is 5.57. The normalized spacial score (nSPS) is 11.1. The van der Waals surface area contributed by atoms with Gasteiger partial charge in [0.15, 0.2) is 11.4 Å². The molecule has 0 spiro atoms. The second-order valence-corrected chi connectivity index (χ2v) is 7.63. The fraction of sp³-hybridized carbons (Fsp3) is 0.217. The summed E-state index contributed by atoms with van der Waals surface area (Å²) in [5.74, 6) is 1.17. The number of carbonyl (C=O) groups excluding carboxylic acids is 1. The monoisotopic (exact) mass is 406 g/mol. The van der Waals surface area contributed by atoms with Gasteiger partial charge in [0, 0.05) is 22.6 Å². The maximum absolute atomic E-state index is 12.9. The number of para-hydroxylation sites is 2. The van der Waals surface area contributed by atoms with Crippen molar-refractivity contribution in [1.29, 1.82) is 0 Å². The van der Waals surface area contributed by atoms with Crippen LogP contribution in [0.2, 0.25) is 0 Å². The number of nitrogens with zero attached hydrogens (tertiary/aromatic N) is 2. The number of carbonyl (C=O) groups is 1. The van der Waals surface area contributed by atoms with E-state index in [9.17, 15) is 4.79 Å². The molecule has 148 valence electrons. The number of ether oxygens (including phenoxy) is 1. The highest BCUT2D eigenvalue weighted by Crippen LogP contribution is 2.27. The highest BCUT2D eigenvalue weighted by atomic mass is 32.2. The molecule has 0 atom stereocenters. The first-order valence-corrected chi connectivity index (χ1v) is 10.5. The van der Waals surface area contributed by atoms with E-state index in [0.717, 1.165) is 39.5 Å². The van der Waals surface area contributed by atoms with E-state index in [-0.39, 0.29) is 11.5 Å². The highest BCUT2D eigenvalue weighted by molar-refractivity contribution is 7.99. The molecular weight excluding hydrogens is 384 g/mol. The van der Waals surface area contributed by atoms with Gasteiger partial charge in [-0.1, -0.05) is 23.9 Å². The minimum Gasteiger partial charge on any atom is -0.494 e. The van der Waals surface area contributed by atoms with Gasteiger partial charge >= 0.3 is 0 Å². The van der Waals surface area contributed by atoms with Crippen molar-refractivity contribution in [3.05, 3.63) is 71.5 Å². The van der Waals surface area contributed by atoms with E-state index in [1.165, 1.54) is 11.8 Å². The molecule has 0 aliphatic carbocycles. The number of fused-ring (bicyclic) bond motifs is 1. The number of hydrogen-bond donors (Lipinski definition) is 0. The Bertz CT molecular complexity index is 1130. The molecule has 0 saturated heterocycles. The van der Waals surface area contributed by atoms with Crippen molar-refractivity contribution >= 4 is 28.6 Å². The van der Waals surface area contributed by atoms with Gasteiger partial charge in [-0.15, -0.1) is 0 Å². The molecule has 4 aromatic rings. The SMILES string of the molecule is CCOc1ccc(-n2c(C)cc(C(=O)CSc3nc4ccccc4o3)c2C)cc1. The van der Waals surface area contributed by atoms with E-state index in [1.807, 2.05) is 75.4 Å². The Hall–Kier alpha value is -2.99. The lowest BCUT2D eigenvalue weighted by molar-refractivity contribution is 0.102. The van der Waals surface area contributed by atoms with Gasteiger partial charge in [-0.3, -0.25) is 4.79 Å². The number of aromatic nitrogens is 2. The average Bonchev–Trinajstić information content (AvgIpc) is 3.27. The van der Waals surface area contributed by atoms with Crippen LogP contribution in [0, 0.1) is 13.8 Å². The smallest absolute Gasteiger partial charge is 0.257 e. The van der Waals surface area contributed by atoms with Gasteiger partial charge in [0.25, 0.3) is 5.22 Å². The quantitative estimate of drug-likeness (QED) is 0.295. The largest absolute Gasteiger partial charge is 0.494 e. The Morgan fingerprint density at radius 2 is 1.90 bits per heavy atom. The molecule has 2 aromatic heterocycles. The topological polar surface area (TPSA) is 57.3 Å². The number of oxazole rings is 1. The van der Waals surface area contributed by atoms with Crippen LogP contribution in [0.1, 0.15) is 28.7 Å². The number of ketones is 1. The first kappa shape index (κ1) is 19.3. The van der Waals surface area contributed by atoms with Gasteiger partial charge in [-0.05, 0) is 63.2 Å². The summed E-state index contributed by atoms with van der Waals surface area (Å²) < 4.78 is 13.3. The molecule has 6 heteroatoms. The number of rotatable bonds is 7. The zero-order valence-electron chi connectivity index (χ0n) is 16.6. The van der Waals surface area contributed by atoms with Crippen molar-refractivity contribution in [2.45, 2.75) is 26.0 Å². The zero-order valence-corrected chi connectivity index (χ0v) is 17.5. The predicted molar refractivity (Wildman–Crippen MR) is 115 cm³/mol. The number of hydrogen-bond acceptors (Lipinski definition) is 5. The average molecular weight is 407 g/mol. The Kier molecular flexibility index (Phi) is 5.45. The highest BCUT2D eigenvalue weighted by Gasteiger charge is 2.18. The maximum Gasteiger partial charge on any atom is 0.257 e. The van der Waals surface area contributed by atoms with Crippen LogP contribution in [-0.4, -0.2) is 27.7 Å². The van der Waals surface area contributed by atoms with Crippen LogP contribution >= 0.6 is 11.8 Å². The molecule has 0 saturated carbocycles. The van der Waals surface area contributed by atoms with Crippen molar-refractivity contribution in [2.24, 2.45) is 0 Å². The summed E-state index contributed by atoms with van der Waals surface area (Å²) in [6, 6.07) is 17.4. The van der Waals surface area contributed by atoms with Crippen LogP contribution in [0.15, 0.2) is 64.2 Å². The van der Waals surface area contributed by atoms with Crippen LogP contribution in [0.25, 0.3) is 16.8 Å². The summed E-state index contributed by atoms with van der Waals surface area (Å²) in [7, 11) is 0. The predicted octanol–water partition coefficient (Wildman–Crippen LogP) is 5.61. The first-order chi connectivity index (χ1) is 14.1. The van der Waals surface area contributed by atoms with Crippen LogP contribution in [0.5, 0.6) is 5.75 Å². The van der Waals surface area contributed by atoms with Crippen LogP contribution in [0.4, 0.5) is 0 Å². The molecule has 4 rings (SSSR count). The van der Waals surface area contributed by atoms with Gasteiger partial charge < -0.3 is 13.7 Å². The molecule has 0 amide bonds. The molecule has 0 radical (unpaired) electrons. The standard InChI is InChI=1S/C23H22N2O3S/c1-4-27-18-11-9-17(10-12-18)25-15(2)13-19(16(25)3)21(26)14-29-23-24-20-7-5-6-8-22(20)28-23/h5-13H,4,14H2,1-3H3. The lowest BCUT2D eigenvalue weighted by Crippen LogP contribution is -2.05. The molecule has 0 aliphatic rings. The second-order valence-electron chi connectivity index (χ2n) is 6.71. The number of Topliss-reactive ketones (excluding diaryl/α,β-unsaturated/α-hetero) is 1. The van der Waals surface area contributed by atoms with Gasteiger partial charge in [-0.25, -0.2) is 4.98 Å². The van der Waals surface area contributed by atoms with Crippen molar-refractivity contribution in [3.8, 4) is 11.4 Å². The van der Waals surface area contributed by atoms with E-state index in [2.05, 4.69) is 9.55 Å². The Morgan fingerprint density at radius 3 is 2.62 bits per heavy atom. The van der Waals surface area contributed by atoms with Gasteiger partial charge in [0.1, 0.15) is 11.3 Å². The minimum atomic E-state index is 0.0579. The molecule has 5 nitrogen and oxygen atoms in total. The summed E-state index contributed by atoms with van der Waals surface area (Å²) in [6.07, 6.45) is 0. The van der Waals surface area contributed by atoms with Crippen LogP contribution in [0.3, 0.4) is 0 Å². The van der Waals surface area contributed by atoms with E-state index in [1.54, 1.807) is 0 Å². The second kappa shape index (κ2) is 8.17. The molecule has 0 N–H and O–H groups in total. The third-order valence-electron chi connectivity index (χ3n) is 4.74. The number of benzene rings is 2. The van der Waals surface area contributed by atoms with Crippen molar-refractivity contribution in [3.63, 3.8) is 0 Å². The lowest BCUT2D eigenvalue weighted by atomic mass is 10.2. The molecule has 2 heterocycles. The number of aryl methyl sites for hydroxylation is 1. The van der Waals surface area contributed by atoms with E-state index in [4.69, 9.17) is 9.15 Å². The van der Waals surface area contributed by atoms with Gasteiger partial charge in [-0.2, -0.15) is 0 Å². The zero-order chi connectivity index (χ0) is 20.4. The van der Waals surface area contributed by atoms with Crippen LogP contribution < -0.4 is 4.74 Å². The molecule has 29 heavy (non-hydrogen) atoms. The van der Waals surface area contributed by atoms with Crippen molar-refractivity contribution in [2.75, 3.05) is 12.4 Å². The Labute approximate surface area is 173 Å². The fourth-order valence-corrected chi connectivity index (χ4v) is 4.14. The van der Waals surface area contributed by atoms with Crippen LogP contribution in [-0.2, 0) is 0 Å². The van der Waals surface area contributed by atoms with Gasteiger partial charge in [0.2, 0.25) is 0 Å². The summed E-state index contributed by atoms with van der Waals surface area (Å²) in [4.78, 5) is 17.3. The van der Waals surface area contributed by atoms with Crippen molar-refractivity contribution < 1.29 is 13.9 Å². The lowest BCUT2D eigenvalue weighted by Gasteiger charge is -2.11. The van der Waals surface area contributed by atoms with Crippen molar-refractivity contribution in [1.82, 2.24) is 9.55 Å². The van der Waals surface area contributed by atoms with Gasteiger partial charge in [0.05, 0.1) is 12.4 Å². The van der Waals surface area contributed by atoms with E-state index < -0.39 is 0 Å². The summed E-state index contributed by atoms with van der Waals surface area (Å²) in [6.45, 7) is 6.58. The number of thioether (sulfide) groups is 1. The molecule has 0 bridgehead atoms. The summed E-state index contributed by atoms with van der Waals surface area (Å²) in [5, 5.41) is 0.514. The molecule has 0 aliphatic heterocycles. The molecule has 0 fully saturated rings. The summed E-state index contributed by atoms with van der Waals surface area (Å²) in [5.41, 5.74) is 5.21. The minimum absolute atomic E-state index is 0.0579. The van der Waals surface area contributed by atoms with E-state index in [0.29, 0.717) is 11.8 Å². The third kappa shape index (κ3) is 3.93. The van der Waals surface area contributed by atoms with E-state index >= 15 is 0 Å². The fourth-order valence-electron chi connectivity index (χ4n) is 3.42.